The van der Waals surface area contributed by atoms with Gasteiger partial charge in [-0.1, -0.05) is 23.3 Å². The standard InChI is InChI=1S/C27H31N7O4/c1-15(2)30-24(37)11-17-5-7-20(22(35)9-17)32-26-19(13-28)14-29-27(34-26)33-21-8-6-18(10-23(21)36)12-25(38)31-16(3)4/h7-8,11-12,14-16H,5-6,9-10H2,1-4H3,(H,30,37)(H,31,38)(H2,29,32,33,34). The van der Waals surface area contributed by atoms with Crippen LogP contribution in [0.1, 0.15) is 58.9 Å². The fourth-order valence-electron chi connectivity index (χ4n) is 3.79. The van der Waals surface area contributed by atoms with Gasteiger partial charge in [0.1, 0.15) is 11.6 Å². The molecule has 0 atom stereocenters. The zero-order valence-electron chi connectivity index (χ0n) is 21.8. The monoisotopic (exact) mass is 517 g/mol. The van der Waals surface area contributed by atoms with Gasteiger partial charge < -0.3 is 21.3 Å². The molecular formula is C27H31N7O4. The van der Waals surface area contributed by atoms with Crippen molar-refractivity contribution in [2.75, 3.05) is 10.6 Å². The van der Waals surface area contributed by atoms with Crippen LogP contribution in [0.25, 0.3) is 0 Å². The third kappa shape index (κ3) is 7.96. The van der Waals surface area contributed by atoms with Gasteiger partial charge in [0.2, 0.25) is 17.8 Å². The molecule has 0 fully saturated rings. The smallest absolute Gasteiger partial charge is 0.244 e. The van der Waals surface area contributed by atoms with E-state index in [9.17, 15) is 24.4 Å². The highest BCUT2D eigenvalue weighted by Crippen LogP contribution is 2.25. The summed E-state index contributed by atoms with van der Waals surface area (Å²) in [7, 11) is 0. The molecule has 4 N–H and O–H groups in total. The van der Waals surface area contributed by atoms with Crippen molar-refractivity contribution in [3.8, 4) is 6.07 Å². The third-order valence-electron chi connectivity index (χ3n) is 5.45. The van der Waals surface area contributed by atoms with Gasteiger partial charge in [0.25, 0.3) is 0 Å². The Hall–Kier alpha value is -4.59. The van der Waals surface area contributed by atoms with Crippen LogP contribution in [0, 0.1) is 11.3 Å². The largest absolute Gasteiger partial charge is 0.350 e. The number of carbonyl (C=O) groups is 4. The summed E-state index contributed by atoms with van der Waals surface area (Å²) in [5.74, 6) is -0.781. The Morgan fingerprint density at radius 3 is 1.84 bits per heavy atom. The lowest BCUT2D eigenvalue weighted by Crippen LogP contribution is -2.29. The highest BCUT2D eigenvalue weighted by atomic mass is 16.2. The summed E-state index contributed by atoms with van der Waals surface area (Å²) < 4.78 is 0. The molecule has 0 spiro atoms. The molecule has 1 aromatic heterocycles. The molecule has 0 radical (unpaired) electrons. The predicted molar refractivity (Wildman–Crippen MR) is 141 cm³/mol. The normalized spacial score (nSPS) is 17.7. The average molecular weight is 518 g/mol. The third-order valence-corrected chi connectivity index (χ3v) is 5.45. The maximum Gasteiger partial charge on any atom is 0.244 e. The Balaban J connectivity index is 1.72. The Kier molecular flexibility index (Phi) is 9.27. The van der Waals surface area contributed by atoms with Gasteiger partial charge in [0, 0.05) is 37.1 Å². The number of nitrogens with zero attached hydrogens (tertiary/aromatic N) is 3. The Bertz CT molecular complexity index is 1310. The molecule has 2 aliphatic carbocycles. The summed E-state index contributed by atoms with van der Waals surface area (Å²) in [4.78, 5) is 57.6. The van der Waals surface area contributed by atoms with E-state index in [4.69, 9.17) is 0 Å². The van der Waals surface area contributed by atoms with Crippen molar-refractivity contribution in [3.63, 3.8) is 0 Å². The lowest BCUT2D eigenvalue weighted by Gasteiger charge is -2.18. The van der Waals surface area contributed by atoms with Crippen LogP contribution in [0.2, 0.25) is 0 Å². The molecule has 3 rings (SSSR count). The number of aromatic nitrogens is 2. The van der Waals surface area contributed by atoms with Crippen molar-refractivity contribution >= 4 is 35.1 Å². The minimum Gasteiger partial charge on any atom is -0.350 e. The fraction of sp³-hybridized carbons (Fsp3) is 0.370. The minimum absolute atomic E-state index is 0.00264. The number of nitrogens with one attached hydrogen (secondary N) is 4. The lowest BCUT2D eigenvalue weighted by atomic mass is 9.96. The molecule has 2 amide bonds. The van der Waals surface area contributed by atoms with Crippen molar-refractivity contribution in [2.24, 2.45) is 0 Å². The first-order valence-corrected chi connectivity index (χ1v) is 12.3. The van der Waals surface area contributed by atoms with Crippen LogP contribution in [0.3, 0.4) is 0 Å². The Labute approximate surface area is 221 Å². The highest BCUT2D eigenvalue weighted by Gasteiger charge is 2.22. The van der Waals surface area contributed by atoms with E-state index in [2.05, 4.69) is 31.2 Å². The molecule has 11 heteroatoms. The molecular weight excluding hydrogens is 486 g/mol. The molecule has 0 saturated heterocycles. The number of nitriles is 1. The van der Waals surface area contributed by atoms with Gasteiger partial charge in [-0.15, -0.1) is 0 Å². The maximum atomic E-state index is 12.7. The van der Waals surface area contributed by atoms with Gasteiger partial charge in [-0.25, -0.2) is 4.98 Å². The summed E-state index contributed by atoms with van der Waals surface area (Å²) in [6, 6.07) is 1.97. The molecule has 0 saturated carbocycles. The van der Waals surface area contributed by atoms with E-state index >= 15 is 0 Å². The molecule has 38 heavy (non-hydrogen) atoms. The van der Waals surface area contributed by atoms with E-state index in [0.717, 1.165) is 0 Å². The van der Waals surface area contributed by atoms with E-state index in [1.54, 1.807) is 12.2 Å². The number of amides is 2. The van der Waals surface area contributed by atoms with Crippen LogP contribution >= 0.6 is 0 Å². The molecule has 0 unspecified atom stereocenters. The summed E-state index contributed by atoms with van der Waals surface area (Å²) in [5, 5.41) is 20.8. The number of Topliss-reactive ketones (excluding diaryl/α,β-unsaturated/α-hetero) is 2. The predicted octanol–water partition coefficient (Wildman–Crippen LogP) is 2.57. The summed E-state index contributed by atoms with van der Waals surface area (Å²) >= 11 is 0. The lowest BCUT2D eigenvalue weighted by molar-refractivity contribution is -0.118. The van der Waals surface area contributed by atoms with Crippen LogP contribution in [-0.4, -0.2) is 45.4 Å². The van der Waals surface area contributed by atoms with Gasteiger partial charge in [-0.3, -0.25) is 19.2 Å². The SMILES string of the molecule is CC(C)NC(=O)C=C1CC=C(Nc2ncc(C#N)c(NC3=CCC(=CC(=O)NC(C)C)CC3=O)n2)C(=O)C1. The average Bonchev–Trinajstić information content (AvgIpc) is 2.81. The quantitative estimate of drug-likeness (QED) is 0.379. The minimum atomic E-state index is -0.251. The first-order valence-electron chi connectivity index (χ1n) is 12.3. The van der Waals surface area contributed by atoms with Crippen LogP contribution in [-0.2, 0) is 19.2 Å². The summed E-state index contributed by atoms with van der Waals surface area (Å²) in [5.41, 5.74) is 2.04. The number of anilines is 2. The number of hydrogen-bond acceptors (Lipinski definition) is 9. The fourth-order valence-corrected chi connectivity index (χ4v) is 3.79. The van der Waals surface area contributed by atoms with E-state index < -0.39 is 0 Å². The number of ketones is 2. The van der Waals surface area contributed by atoms with Crippen LogP contribution in [0.5, 0.6) is 0 Å². The van der Waals surface area contributed by atoms with Gasteiger partial charge >= 0.3 is 0 Å². The zero-order valence-corrected chi connectivity index (χ0v) is 21.8. The van der Waals surface area contributed by atoms with Crippen LogP contribution in [0.15, 0.2) is 53.0 Å². The molecule has 2 aliphatic rings. The number of allylic oxidation sites excluding steroid dienone is 6. The molecule has 0 aliphatic heterocycles. The van der Waals surface area contributed by atoms with E-state index in [1.165, 1.54) is 18.3 Å². The first kappa shape index (κ1) is 28.0. The first-order chi connectivity index (χ1) is 18.0. The topological polar surface area (TPSA) is 166 Å². The summed E-state index contributed by atoms with van der Waals surface area (Å²) in [6.45, 7) is 7.42. The number of carbonyl (C=O) groups excluding carboxylic acids is 4. The van der Waals surface area contributed by atoms with Crippen molar-refractivity contribution < 1.29 is 19.2 Å². The van der Waals surface area contributed by atoms with Crippen molar-refractivity contribution in [3.05, 3.63) is 58.6 Å². The molecule has 198 valence electrons. The number of hydrogen-bond donors (Lipinski definition) is 4. The van der Waals surface area contributed by atoms with Crippen LogP contribution in [0.4, 0.5) is 11.8 Å². The highest BCUT2D eigenvalue weighted by molar-refractivity contribution is 6.02. The molecule has 11 nitrogen and oxygen atoms in total. The van der Waals surface area contributed by atoms with E-state index in [-0.39, 0.29) is 77.0 Å². The van der Waals surface area contributed by atoms with Gasteiger partial charge in [-0.05, 0) is 40.5 Å². The molecule has 1 heterocycles. The summed E-state index contributed by atoms with van der Waals surface area (Å²) in [6.07, 6.45) is 8.42. The second-order valence-corrected chi connectivity index (χ2v) is 9.59. The van der Waals surface area contributed by atoms with Gasteiger partial charge in [-0.2, -0.15) is 10.2 Å². The van der Waals surface area contributed by atoms with Gasteiger partial charge in [0.05, 0.1) is 17.6 Å². The molecule has 0 aromatic carbocycles. The van der Waals surface area contributed by atoms with E-state index in [0.29, 0.717) is 24.0 Å². The van der Waals surface area contributed by atoms with Crippen molar-refractivity contribution in [1.82, 2.24) is 20.6 Å². The number of rotatable bonds is 8. The van der Waals surface area contributed by atoms with Crippen molar-refractivity contribution in [2.45, 2.75) is 65.5 Å². The second-order valence-electron chi connectivity index (χ2n) is 9.59. The van der Waals surface area contributed by atoms with Crippen LogP contribution < -0.4 is 21.3 Å². The Morgan fingerprint density at radius 1 is 0.895 bits per heavy atom. The van der Waals surface area contributed by atoms with E-state index in [1.807, 2.05) is 33.8 Å². The van der Waals surface area contributed by atoms with Crippen molar-refractivity contribution in [1.29, 1.82) is 5.26 Å². The Morgan fingerprint density at radius 2 is 1.39 bits per heavy atom. The molecule has 0 bridgehead atoms. The maximum absolute atomic E-state index is 12.7. The molecule has 1 aromatic rings. The van der Waals surface area contributed by atoms with Gasteiger partial charge in [0.15, 0.2) is 17.4 Å². The second kappa shape index (κ2) is 12.6. The zero-order chi connectivity index (χ0) is 27.8.